The van der Waals surface area contributed by atoms with Crippen LogP contribution in [-0.4, -0.2) is 6.03 Å². The lowest BCUT2D eigenvalue weighted by Crippen LogP contribution is -2.19. The summed E-state index contributed by atoms with van der Waals surface area (Å²) in [5.41, 5.74) is 2.45. The van der Waals surface area contributed by atoms with Crippen molar-refractivity contribution in [3.05, 3.63) is 57.5 Å². The fourth-order valence-electron chi connectivity index (χ4n) is 1.59. The smallest absolute Gasteiger partial charge is 0.308 e. The summed E-state index contributed by atoms with van der Waals surface area (Å²) in [5, 5.41) is 6.17. The van der Waals surface area contributed by atoms with Gasteiger partial charge in [-0.25, -0.2) is 4.79 Å². The molecular weight excluding hydrogens is 328 g/mol. The average Bonchev–Trinajstić information content (AvgIpc) is 2.36. The van der Waals surface area contributed by atoms with Crippen LogP contribution in [0.5, 0.6) is 0 Å². The summed E-state index contributed by atoms with van der Waals surface area (Å²) in [6.07, 6.45) is 0. The van der Waals surface area contributed by atoms with Crippen molar-refractivity contribution < 1.29 is 4.79 Å². The van der Waals surface area contributed by atoms with Gasteiger partial charge in [0.05, 0.1) is 0 Å². The largest absolute Gasteiger partial charge is 0.323 e. The summed E-state index contributed by atoms with van der Waals surface area (Å²) in [5.74, 6) is 0. The highest BCUT2D eigenvalue weighted by molar-refractivity contribution is 9.10. The molecule has 19 heavy (non-hydrogen) atoms. The molecule has 0 saturated heterocycles. The maximum absolute atomic E-state index is 11.8. The van der Waals surface area contributed by atoms with Crippen LogP contribution in [-0.2, 0) is 0 Å². The van der Waals surface area contributed by atoms with E-state index in [9.17, 15) is 4.79 Å². The van der Waals surface area contributed by atoms with Gasteiger partial charge in [-0.2, -0.15) is 0 Å². The molecule has 5 heteroatoms. The normalized spacial score (nSPS) is 10.1. The van der Waals surface area contributed by atoms with E-state index in [1.54, 1.807) is 24.3 Å². The highest BCUT2D eigenvalue weighted by atomic mass is 79.9. The van der Waals surface area contributed by atoms with Gasteiger partial charge >= 0.3 is 6.03 Å². The standard InChI is InChI=1S/C14H12BrClN2O/c1-9-8-10(15)2-7-13(9)18-14(19)17-12-5-3-11(16)4-6-12/h2-8H,1H3,(H2,17,18,19). The zero-order valence-electron chi connectivity index (χ0n) is 10.2. The number of benzene rings is 2. The predicted molar refractivity (Wildman–Crippen MR) is 83.0 cm³/mol. The van der Waals surface area contributed by atoms with Gasteiger partial charge in [0.25, 0.3) is 0 Å². The van der Waals surface area contributed by atoms with Crippen LogP contribution in [0.15, 0.2) is 46.9 Å². The van der Waals surface area contributed by atoms with Crippen molar-refractivity contribution in [2.24, 2.45) is 0 Å². The molecule has 0 heterocycles. The second-order valence-corrected chi connectivity index (χ2v) is 5.40. The Hall–Kier alpha value is -1.52. The van der Waals surface area contributed by atoms with Crippen LogP contribution in [0.25, 0.3) is 0 Å². The number of anilines is 2. The van der Waals surface area contributed by atoms with E-state index in [4.69, 9.17) is 11.6 Å². The average molecular weight is 340 g/mol. The second kappa shape index (κ2) is 6.08. The Kier molecular flexibility index (Phi) is 4.45. The maximum atomic E-state index is 11.8. The molecule has 2 aromatic rings. The van der Waals surface area contributed by atoms with Crippen LogP contribution >= 0.6 is 27.5 Å². The summed E-state index contributed by atoms with van der Waals surface area (Å²) in [6, 6.07) is 12.3. The Labute approximate surface area is 125 Å². The maximum Gasteiger partial charge on any atom is 0.323 e. The van der Waals surface area contributed by atoms with Crippen molar-refractivity contribution in [1.82, 2.24) is 0 Å². The first kappa shape index (κ1) is 13.9. The first-order chi connectivity index (χ1) is 9.04. The predicted octanol–water partition coefficient (Wildman–Crippen LogP) is 5.05. The summed E-state index contributed by atoms with van der Waals surface area (Å²) < 4.78 is 0.980. The van der Waals surface area contributed by atoms with Gasteiger partial charge in [0, 0.05) is 20.9 Å². The third-order valence-corrected chi connectivity index (χ3v) is 3.28. The minimum absolute atomic E-state index is 0.284. The second-order valence-electron chi connectivity index (χ2n) is 4.05. The summed E-state index contributed by atoms with van der Waals surface area (Å²) >= 11 is 9.16. The zero-order valence-corrected chi connectivity index (χ0v) is 12.5. The molecule has 2 aromatic carbocycles. The number of urea groups is 1. The summed E-state index contributed by atoms with van der Waals surface area (Å²) in [4.78, 5) is 11.8. The number of aryl methyl sites for hydroxylation is 1. The van der Waals surface area contributed by atoms with Crippen LogP contribution < -0.4 is 10.6 Å². The summed E-state index contributed by atoms with van der Waals surface area (Å²) in [7, 11) is 0. The van der Waals surface area contributed by atoms with Gasteiger partial charge in [0.1, 0.15) is 0 Å². The first-order valence-corrected chi connectivity index (χ1v) is 6.81. The van der Waals surface area contributed by atoms with Gasteiger partial charge < -0.3 is 10.6 Å². The Balaban J connectivity index is 2.03. The van der Waals surface area contributed by atoms with Gasteiger partial charge in [-0.05, 0) is 55.0 Å². The molecule has 0 aliphatic rings. The molecule has 0 aliphatic carbocycles. The SMILES string of the molecule is Cc1cc(Br)ccc1NC(=O)Nc1ccc(Cl)cc1. The minimum Gasteiger partial charge on any atom is -0.308 e. The molecule has 2 N–H and O–H groups in total. The number of amides is 2. The molecule has 98 valence electrons. The highest BCUT2D eigenvalue weighted by Gasteiger charge is 2.05. The fourth-order valence-corrected chi connectivity index (χ4v) is 2.19. The van der Waals surface area contributed by atoms with Crippen molar-refractivity contribution in [2.45, 2.75) is 6.92 Å². The molecule has 0 aliphatic heterocycles. The highest BCUT2D eigenvalue weighted by Crippen LogP contribution is 2.20. The van der Waals surface area contributed by atoms with E-state index in [0.29, 0.717) is 10.7 Å². The number of hydrogen-bond donors (Lipinski definition) is 2. The molecule has 0 fully saturated rings. The molecule has 2 rings (SSSR count). The lowest BCUT2D eigenvalue weighted by molar-refractivity contribution is 0.262. The minimum atomic E-state index is -0.284. The Morgan fingerprint density at radius 1 is 1.11 bits per heavy atom. The van der Waals surface area contributed by atoms with E-state index in [1.165, 1.54) is 0 Å². The van der Waals surface area contributed by atoms with E-state index in [2.05, 4.69) is 26.6 Å². The van der Waals surface area contributed by atoms with Crippen molar-refractivity contribution in [1.29, 1.82) is 0 Å². The molecule has 2 amide bonds. The molecule has 0 atom stereocenters. The van der Waals surface area contributed by atoms with Gasteiger partial charge in [0.15, 0.2) is 0 Å². The molecular formula is C14H12BrClN2O. The van der Waals surface area contributed by atoms with Crippen LogP contribution in [0.4, 0.5) is 16.2 Å². The van der Waals surface area contributed by atoms with E-state index >= 15 is 0 Å². The van der Waals surface area contributed by atoms with E-state index in [0.717, 1.165) is 15.7 Å². The number of carbonyl (C=O) groups is 1. The molecule has 0 aromatic heterocycles. The quantitative estimate of drug-likeness (QED) is 0.789. The molecule has 0 bridgehead atoms. The molecule has 0 unspecified atom stereocenters. The van der Waals surface area contributed by atoms with E-state index in [-0.39, 0.29) is 6.03 Å². The van der Waals surface area contributed by atoms with Crippen molar-refractivity contribution in [3.63, 3.8) is 0 Å². The van der Waals surface area contributed by atoms with Gasteiger partial charge in [-0.1, -0.05) is 27.5 Å². The number of carbonyl (C=O) groups excluding carboxylic acids is 1. The number of hydrogen-bond acceptors (Lipinski definition) is 1. The lowest BCUT2D eigenvalue weighted by atomic mass is 10.2. The molecule has 0 saturated carbocycles. The Morgan fingerprint density at radius 3 is 2.42 bits per heavy atom. The monoisotopic (exact) mass is 338 g/mol. The van der Waals surface area contributed by atoms with Crippen molar-refractivity contribution in [2.75, 3.05) is 10.6 Å². The van der Waals surface area contributed by atoms with Crippen LogP contribution in [0.3, 0.4) is 0 Å². The van der Waals surface area contributed by atoms with E-state index in [1.807, 2.05) is 25.1 Å². The third kappa shape index (κ3) is 3.98. The van der Waals surface area contributed by atoms with Gasteiger partial charge in [-0.15, -0.1) is 0 Å². The number of rotatable bonds is 2. The topological polar surface area (TPSA) is 41.1 Å². The van der Waals surface area contributed by atoms with Crippen molar-refractivity contribution >= 4 is 44.9 Å². The van der Waals surface area contributed by atoms with Gasteiger partial charge in [0.2, 0.25) is 0 Å². The first-order valence-electron chi connectivity index (χ1n) is 5.64. The lowest BCUT2D eigenvalue weighted by Gasteiger charge is -2.10. The third-order valence-electron chi connectivity index (χ3n) is 2.54. The van der Waals surface area contributed by atoms with Crippen LogP contribution in [0, 0.1) is 6.92 Å². The van der Waals surface area contributed by atoms with E-state index < -0.39 is 0 Å². The van der Waals surface area contributed by atoms with Crippen LogP contribution in [0.2, 0.25) is 5.02 Å². The van der Waals surface area contributed by atoms with Crippen LogP contribution in [0.1, 0.15) is 5.56 Å². The summed E-state index contributed by atoms with van der Waals surface area (Å²) in [6.45, 7) is 1.93. The molecule has 3 nitrogen and oxygen atoms in total. The molecule has 0 spiro atoms. The van der Waals surface area contributed by atoms with Gasteiger partial charge in [-0.3, -0.25) is 0 Å². The Bertz CT molecular complexity index is 599. The van der Waals surface area contributed by atoms with Crippen molar-refractivity contribution in [3.8, 4) is 0 Å². The number of nitrogens with one attached hydrogen (secondary N) is 2. The molecule has 0 radical (unpaired) electrons. The Morgan fingerprint density at radius 2 is 1.79 bits per heavy atom. The zero-order chi connectivity index (χ0) is 13.8. The number of halogens is 2. The fraction of sp³-hybridized carbons (Fsp3) is 0.0714.